The first-order valence-corrected chi connectivity index (χ1v) is 14.6. The summed E-state index contributed by atoms with van der Waals surface area (Å²) in [5, 5.41) is 45.1. The van der Waals surface area contributed by atoms with Crippen molar-refractivity contribution in [1.29, 1.82) is 0 Å². The maximum Gasteiger partial charge on any atom is 0.303 e. The molecule has 3 fully saturated rings. The molecule has 0 saturated heterocycles. The van der Waals surface area contributed by atoms with Gasteiger partial charge in [0.1, 0.15) is 17.0 Å². The molecular formula is C32H48O8. The standard InChI is InChI=1S/C32H48O8/c1-18(34)40-27(2,3)14-13-24(37)31(8,39)26-21(35)15-29(6)22-11-9-19-20(10-12-23(36)28(19,4)5)32(22,17-33)25(38)16-30(26,29)7/h9,13-14,20-23,26,33,35-36,39H,10-12,15-17H2,1-8H3/b14-13+/t20?,21?,22-,23-,26-,29?,30+,31?,32-/m0/s1. The SMILES string of the molecule is CC(=O)OC(C)(C)/C=C/C(=O)C(C)(O)[C@H]1C(O)CC2(C)[C@@H]3CC=C4C(CC[C@H](O)C4(C)C)[C@]3(CO)C(=O)C[C@]12C. The van der Waals surface area contributed by atoms with Crippen LogP contribution in [0.25, 0.3) is 0 Å². The lowest BCUT2D eigenvalue weighted by molar-refractivity contribution is -0.191. The summed E-state index contributed by atoms with van der Waals surface area (Å²) in [4.78, 5) is 39.3. The third kappa shape index (κ3) is 4.19. The van der Waals surface area contributed by atoms with Crippen LogP contribution in [0.2, 0.25) is 0 Å². The van der Waals surface area contributed by atoms with Crippen molar-refractivity contribution in [3.8, 4) is 0 Å². The van der Waals surface area contributed by atoms with E-state index in [1.165, 1.54) is 26.0 Å². The highest BCUT2D eigenvalue weighted by molar-refractivity contribution is 5.97. The molecule has 0 aromatic rings. The average molecular weight is 561 g/mol. The first-order valence-electron chi connectivity index (χ1n) is 14.6. The Morgan fingerprint density at radius 3 is 2.30 bits per heavy atom. The summed E-state index contributed by atoms with van der Waals surface area (Å²) >= 11 is 0. The fourth-order valence-electron chi connectivity index (χ4n) is 9.56. The maximum atomic E-state index is 14.4. The smallest absolute Gasteiger partial charge is 0.303 e. The molecule has 40 heavy (non-hydrogen) atoms. The van der Waals surface area contributed by atoms with Crippen LogP contribution in [0.4, 0.5) is 0 Å². The van der Waals surface area contributed by atoms with Gasteiger partial charge in [-0.05, 0) is 81.3 Å². The molecule has 0 aromatic heterocycles. The summed E-state index contributed by atoms with van der Waals surface area (Å²) < 4.78 is 5.23. The van der Waals surface area contributed by atoms with Gasteiger partial charge in [-0.25, -0.2) is 0 Å². The molecule has 224 valence electrons. The molecule has 8 nitrogen and oxygen atoms in total. The van der Waals surface area contributed by atoms with E-state index in [9.17, 15) is 34.8 Å². The Bertz CT molecular complexity index is 1150. The summed E-state index contributed by atoms with van der Waals surface area (Å²) in [6.45, 7) is 13.5. The molecule has 0 aliphatic heterocycles. The molecule has 0 spiro atoms. The summed E-state index contributed by atoms with van der Waals surface area (Å²) in [5.41, 5.74) is -5.21. The van der Waals surface area contributed by atoms with Crippen LogP contribution in [-0.2, 0) is 19.1 Å². The van der Waals surface area contributed by atoms with E-state index in [4.69, 9.17) is 4.74 Å². The van der Waals surface area contributed by atoms with E-state index in [1.807, 2.05) is 27.7 Å². The average Bonchev–Trinajstić information content (AvgIpc) is 3.03. The number of carbonyl (C=O) groups is 3. The van der Waals surface area contributed by atoms with Gasteiger partial charge in [0.2, 0.25) is 0 Å². The number of ether oxygens (including phenoxy) is 1. The van der Waals surface area contributed by atoms with Crippen molar-refractivity contribution < 1.29 is 39.5 Å². The third-order valence-corrected chi connectivity index (χ3v) is 11.7. The van der Waals surface area contributed by atoms with Crippen molar-refractivity contribution in [3.05, 3.63) is 23.8 Å². The molecule has 4 aliphatic rings. The number of hydrogen-bond donors (Lipinski definition) is 4. The minimum atomic E-state index is -2.00. The van der Waals surface area contributed by atoms with Crippen LogP contribution in [0.1, 0.15) is 87.5 Å². The number of aliphatic hydroxyl groups is 4. The Morgan fingerprint density at radius 2 is 1.73 bits per heavy atom. The second-order valence-corrected chi connectivity index (χ2v) is 14.7. The summed E-state index contributed by atoms with van der Waals surface area (Å²) in [6.07, 6.45) is 5.10. The van der Waals surface area contributed by atoms with Gasteiger partial charge < -0.3 is 25.2 Å². The first-order chi connectivity index (χ1) is 18.2. The normalized spacial score (nSPS) is 42.4. The minimum Gasteiger partial charge on any atom is -0.456 e. The van der Waals surface area contributed by atoms with Gasteiger partial charge >= 0.3 is 5.97 Å². The van der Waals surface area contributed by atoms with Gasteiger partial charge in [-0.3, -0.25) is 14.4 Å². The summed E-state index contributed by atoms with van der Waals surface area (Å²) in [5.74, 6) is -2.70. The zero-order valence-electron chi connectivity index (χ0n) is 25.3. The molecule has 0 aromatic carbocycles. The monoisotopic (exact) mass is 560 g/mol. The number of hydrogen-bond acceptors (Lipinski definition) is 8. The largest absolute Gasteiger partial charge is 0.456 e. The van der Waals surface area contributed by atoms with Crippen LogP contribution >= 0.6 is 0 Å². The molecular weight excluding hydrogens is 512 g/mol. The number of ketones is 2. The van der Waals surface area contributed by atoms with Crippen molar-refractivity contribution in [2.45, 2.75) is 111 Å². The Labute approximate surface area is 237 Å². The van der Waals surface area contributed by atoms with Gasteiger partial charge in [-0.1, -0.05) is 39.3 Å². The van der Waals surface area contributed by atoms with Gasteiger partial charge in [-0.15, -0.1) is 0 Å². The number of rotatable bonds is 6. The van der Waals surface area contributed by atoms with Gasteiger partial charge in [0, 0.05) is 24.7 Å². The highest BCUT2D eigenvalue weighted by Crippen LogP contribution is 2.74. The second-order valence-electron chi connectivity index (χ2n) is 14.7. The van der Waals surface area contributed by atoms with Gasteiger partial charge in [0.15, 0.2) is 5.78 Å². The van der Waals surface area contributed by atoms with Crippen molar-refractivity contribution in [2.24, 2.45) is 39.4 Å². The number of carbonyl (C=O) groups excluding carboxylic acids is 3. The van der Waals surface area contributed by atoms with E-state index in [1.54, 1.807) is 13.8 Å². The van der Waals surface area contributed by atoms with Crippen LogP contribution < -0.4 is 0 Å². The highest BCUT2D eigenvalue weighted by Gasteiger charge is 2.75. The predicted molar refractivity (Wildman–Crippen MR) is 149 cm³/mol. The van der Waals surface area contributed by atoms with E-state index in [-0.39, 0.29) is 37.1 Å². The Kier molecular flexibility index (Phi) is 7.44. The number of fused-ring (bicyclic) bond motifs is 5. The molecule has 4 N–H and O–H groups in total. The molecule has 0 heterocycles. The molecule has 0 bridgehead atoms. The highest BCUT2D eigenvalue weighted by atomic mass is 16.6. The topological polar surface area (TPSA) is 141 Å². The van der Waals surface area contributed by atoms with Crippen LogP contribution in [0.15, 0.2) is 23.8 Å². The van der Waals surface area contributed by atoms with Crippen LogP contribution in [0.3, 0.4) is 0 Å². The van der Waals surface area contributed by atoms with Gasteiger partial charge in [-0.2, -0.15) is 0 Å². The molecule has 9 atom stereocenters. The maximum absolute atomic E-state index is 14.4. The van der Waals surface area contributed by atoms with Crippen molar-refractivity contribution in [1.82, 2.24) is 0 Å². The van der Waals surface area contributed by atoms with E-state index < -0.39 is 62.7 Å². The lowest BCUT2D eigenvalue weighted by atomic mass is 9.38. The molecule has 8 heteroatoms. The number of allylic oxidation sites excluding steroid dienone is 1. The Hall–Kier alpha value is -1.87. The summed E-state index contributed by atoms with van der Waals surface area (Å²) in [7, 11) is 0. The number of Topliss-reactive ketones (excluding diaryl/α,β-unsaturated/α-hetero) is 1. The fraction of sp³-hybridized carbons (Fsp3) is 0.781. The molecule has 0 radical (unpaired) electrons. The Balaban J connectivity index is 1.76. The third-order valence-electron chi connectivity index (χ3n) is 11.7. The van der Waals surface area contributed by atoms with E-state index in [0.29, 0.717) is 19.3 Å². The van der Waals surface area contributed by atoms with Crippen molar-refractivity contribution >= 4 is 17.5 Å². The number of aliphatic hydroxyl groups excluding tert-OH is 3. The van der Waals surface area contributed by atoms with Gasteiger partial charge in [0.25, 0.3) is 0 Å². The fourth-order valence-corrected chi connectivity index (χ4v) is 9.56. The predicted octanol–water partition coefficient (Wildman–Crippen LogP) is 3.29. The van der Waals surface area contributed by atoms with Crippen LogP contribution in [0, 0.1) is 39.4 Å². The van der Waals surface area contributed by atoms with Crippen molar-refractivity contribution in [2.75, 3.05) is 6.61 Å². The molecule has 3 saturated carbocycles. The molecule has 4 unspecified atom stereocenters. The molecule has 0 amide bonds. The summed E-state index contributed by atoms with van der Waals surface area (Å²) in [6, 6.07) is 0. The lowest BCUT2D eigenvalue weighted by Crippen LogP contribution is -2.66. The zero-order valence-corrected chi connectivity index (χ0v) is 25.3. The molecule has 4 aliphatic carbocycles. The van der Waals surface area contributed by atoms with E-state index in [2.05, 4.69) is 6.08 Å². The van der Waals surface area contributed by atoms with Crippen LogP contribution in [0.5, 0.6) is 0 Å². The van der Waals surface area contributed by atoms with Crippen LogP contribution in [-0.4, -0.2) is 68.0 Å². The Morgan fingerprint density at radius 1 is 1.10 bits per heavy atom. The first kappa shape index (κ1) is 31.1. The van der Waals surface area contributed by atoms with Gasteiger partial charge in [0.05, 0.1) is 24.2 Å². The number of esters is 1. The van der Waals surface area contributed by atoms with Crippen molar-refractivity contribution in [3.63, 3.8) is 0 Å². The second kappa shape index (κ2) is 9.58. The quantitative estimate of drug-likeness (QED) is 0.220. The van der Waals surface area contributed by atoms with E-state index in [0.717, 1.165) is 5.57 Å². The molecule has 4 rings (SSSR count). The minimum absolute atomic E-state index is 0.0150. The van der Waals surface area contributed by atoms with E-state index >= 15 is 0 Å². The lowest BCUT2D eigenvalue weighted by Gasteiger charge is -2.65. The zero-order chi connectivity index (χ0) is 30.3.